The molecule has 0 aromatic heterocycles. The van der Waals surface area contributed by atoms with E-state index in [4.69, 9.17) is 0 Å². The zero-order valence-electron chi connectivity index (χ0n) is 16.6. The fraction of sp³-hybridized carbons (Fsp3) is 0. The first-order chi connectivity index (χ1) is 15.5. The first kappa shape index (κ1) is 21.6. The quantitative estimate of drug-likeness (QED) is 0.210. The minimum Gasteiger partial charge on any atom is -0.258 e. The smallest absolute Gasteiger partial charge is 0.258 e. The van der Waals surface area contributed by atoms with Gasteiger partial charge in [-0.1, -0.05) is 47.8 Å². The van der Waals surface area contributed by atoms with Crippen LogP contribution in [0.5, 0.6) is 0 Å². The van der Waals surface area contributed by atoms with Gasteiger partial charge in [-0.3, -0.25) is 20.2 Å². The molecule has 6 nitrogen and oxygen atoms in total. The summed E-state index contributed by atoms with van der Waals surface area (Å²) in [5, 5.41) is 21.5. The Balaban J connectivity index is 1.40. The van der Waals surface area contributed by atoms with E-state index in [9.17, 15) is 20.2 Å². The molecule has 0 aliphatic carbocycles. The molecule has 4 aromatic rings. The molecule has 0 spiro atoms. The van der Waals surface area contributed by atoms with E-state index in [2.05, 4.69) is 0 Å². The van der Waals surface area contributed by atoms with E-state index >= 15 is 0 Å². The molecule has 0 aliphatic heterocycles. The van der Waals surface area contributed by atoms with Crippen molar-refractivity contribution in [2.75, 3.05) is 0 Å². The third-order valence-corrected chi connectivity index (χ3v) is 6.64. The molecule has 4 rings (SSSR count). The van der Waals surface area contributed by atoms with Crippen molar-refractivity contribution in [1.82, 2.24) is 0 Å². The van der Waals surface area contributed by atoms with Crippen molar-refractivity contribution in [2.24, 2.45) is 0 Å². The number of benzene rings is 4. The molecule has 4 aromatic carbocycles. The molecule has 0 aliphatic rings. The lowest BCUT2D eigenvalue weighted by Crippen LogP contribution is -1.86. The second-order valence-corrected chi connectivity index (χ2v) is 9.05. The Kier molecular flexibility index (Phi) is 6.53. The highest BCUT2D eigenvalue weighted by Crippen LogP contribution is 2.33. The van der Waals surface area contributed by atoms with Crippen molar-refractivity contribution < 1.29 is 9.85 Å². The molecule has 0 saturated heterocycles. The Hall–Kier alpha value is -3.62. The van der Waals surface area contributed by atoms with E-state index in [1.54, 1.807) is 47.8 Å². The minimum absolute atomic E-state index is 0.0832. The Bertz CT molecular complexity index is 1140. The molecule has 158 valence electrons. The highest BCUT2D eigenvalue weighted by atomic mass is 32.2. The van der Waals surface area contributed by atoms with Crippen LogP contribution in [0, 0.1) is 20.2 Å². The highest BCUT2D eigenvalue weighted by Gasteiger charge is 2.07. The summed E-state index contributed by atoms with van der Waals surface area (Å²) in [5.74, 6) is 0. The molecule has 0 amide bonds. The molecule has 0 unspecified atom stereocenters. The average Bonchev–Trinajstić information content (AvgIpc) is 2.81. The zero-order chi connectivity index (χ0) is 22.5. The molecule has 0 fully saturated rings. The van der Waals surface area contributed by atoms with Crippen LogP contribution < -0.4 is 0 Å². The minimum atomic E-state index is -0.404. The summed E-state index contributed by atoms with van der Waals surface area (Å²) in [6.07, 6.45) is 0. The fourth-order valence-corrected chi connectivity index (χ4v) is 4.61. The molecule has 0 N–H and O–H groups in total. The second-order valence-electron chi connectivity index (χ2n) is 6.75. The van der Waals surface area contributed by atoms with E-state index in [1.807, 2.05) is 48.5 Å². The maximum atomic E-state index is 10.8. The van der Waals surface area contributed by atoms with Crippen molar-refractivity contribution >= 4 is 34.9 Å². The molecular weight excluding hydrogens is 444 g/mol. The number of hydrogen-bond donors (Lipinski definition) is 0. The van der Waals surface area contributed by atoms with E-state index in [1.165, 1.54) is 24.3 Å². The van der Waals surface area contributed by atoms with Gasteiger partial charge < -0.3 is 0 Å². The molecular formula is C24H16N2O4S2. The maximum Gasteiger partial charge on any atom is 0.269 e. The van der Waals surface area contributed by atoms with Gasteiger partial charge in [0.2, 0.25) is 0 Å². The molecule has 0 heterocycles. The summed E-state index contributed by atoms with van der Waals surface area (Å²) in [6.45, 7) is 0. The van der Waals surface area contributed by atoms with Crippen LogP contribution in [-0.4, -0.2) is 9.85 Å². The first-order valence-electron chi connectivity index (χ1n) is 9.53. The summed E-state index contributed by atoms with van der Waals surface area (Å²) < 4.78 is 0. The topological polar surface area (TPSA) is 86.3 Å². The van der Waals surface area contributed by atoms with Gasteiger partial charge in [-0.2, -0.15) is 0 Å². The predicted octanol–water partition coefficient (Wildman–Crippen LogP) is 7.47. The van der Waals surface area contributed by atoms with Gasteiger partial charge in [0.05, 0.1) is 9.85 Å². The van der Waals surface area contributed by atoms with E-state index < -0.39 is 9.85 Å². The predicted molar refractivity (Wildman–Crippen MR) is 126 cm³/mol. The van der Waals surface area contributed by atoms with Gasteiger partial charge in [-0.15, -0.1) is 0 Å². The highest BCUT2D eigenvalue weighted by molar-refractivity contribution is 7.99. The van der Waals surface area contributed by atoms with Crippen LogP contribution >= 0.6 is 23.5 Å². The van der Waals surface area contributed by atoms with E-state index in [-0.39, 0.29) is 11.4 Å². The van der Waals surface area contributed by atoms with Crippen molar-refractivity contribution in [2.45, 2.75) is 19.6 Å². The Labute approximate surface area is 192 Å². The molecule has 0 saturated carbocycles. The van der Waals surface area contributed by atoms with Gasteiger partial charge >= 0.3 is 0 Å². The number of nitro groups is 2. The van der Waals surface area contributed by atoms with Crippen molar-refractivity contribution in [3.8, 4) is 11.1 Å². The lowest BCUT2D eigenvalue weighted by atomic mass is 10.1. The van der Waals surface area contributed by atoms with Crippen molar-refractivity contribution in [3.05, 3.63) is 117 Å². The molecule has 0 atom stereocenters. The molecule has 0 bridgehead atoms. The Morgan fingerprint density at radius 3 is 0.938 bits per heavy atom. The van der Waals surface area contributed by atoms with Gasteiger partial charge in [-0.25, -0.2) is 0 Å². The number of non-ortho nitro benzene ring substituents is 2. The van der Waals surface area contributed by atoms with Gasteiger partial charge in [-0.05, 0) is 59.7 Å². The van der Waals surface area contributed by atoms with Crippen LogP contribution in [0.4, 0.5) is 11.4 Å². The largest absolute Gasteiger partial charge is 0.269 e. The Morgan fingerprint density at radius 2 is 0.688 bits per heavy atom. The van der Waals surface area contributed by atoms with Crippen LogP contribution in [0.3, 0.4) is 0 Å². The second kappa shape index (κ2) is 9.67. The Morgan fingerprint density at radius 1 is 0.438 bits per heavy atom. The average molecular weight is 461 g/mol. The van der Waals surface area contributed by atoms with Gasteiger partial charge in [0.15, 0.2) is 0 Å². The van der Waals surface area contributed by atoms with Gasteiger partial charge in [0, 0.05) is 43.8 Å². The number of nitrogens with zero attached hydrogens (tertiary/aromatic N) is 2. The number of nitro benzene ring substituents is 2. The van der Waals surface area contributed by atoms with Crippen molar-refractivity contribution in [1.29, 1.82) is 0 Å². The van der Waals surface area contributed by atoms with Crippen LogP contribution in [0.15, 0.2) is 117 Å². The van der Waals surface area contributed by atoms with Crippen LogP contribution in [-0.2, 0) is 0 Å². The number of hydrogen-bond acceptors (Lipinski definition) is 6. The summed E-state index contributed by atoms with van der Waals surface area (Å²) in [7, 11) is 0. The third kappa shape index (κ3) is 5.35. The standard InChI is InChI=1S/C24H16N2O4S2/c27-25(28)19-5-13-23(14-6-19)31-21-9-1-17(2-10-21)18-3-11-22(12-4-18)32-24-15-7-20(8-16-24)26(29)30/h1-16H. The zero-order valence-corrected chi connectivity index (χ0v) is 18.2. The lowest BCUT2D eigenvalue weighted by Gasteiger charge is -2.06. The van der Waals surface area contributed by atoms with Crippen LogP contribution in [0.2, 0.25) is 0 Å². The normalized spacial score (nSPS) is 10.6. The monoisotopic (exact) mass is 460 g/mol. The summed E-state index contributed by atoms with van der Waals surface area (Å²) in [6, 6.07) is 29.3. The summed E-state index contributed by atoms with van der Waals surface area (Å²) in [5.41, 5.74) is 2.34. The third-order valence-electron chi connectivity index (χ3n) is 4.61. The van der Waals surface area contributed by atoms with Gasteiger partial charge in [0.25, 0.3) is 11.4 Å². The number of rotatable bonds is 7. The lowest BCUT2D eigenvalue weighted by molar-refractivity contribution is -0.385. The van der Waals surface area contributed by atoms with Crippen LogP contribution in [0.1, 0.15) is 0 Å². The van der Waals surface area contributed by atoms with E-state index in [0.29, 0.717) is 0 Å². The van der Waals surface area contributed by atoms with Gasteiger partial charge in [0.1, 0.15) is 0 Å². The van der Waals surface area contributed by atoms with E-state index in [0.717, 1.165) is 30.7 Å². The molecule has 8 heteroatoms. The summed E-state index contributed by atoms with van der Waals surface area (Å²) in [4.78, 5) is 24.7. The first-order valence-corrected chi connectivity index (χ1v) is 11.2. The molecule has 0 radical (unpaired) electrons. The molecule has 32 heavy (non-hydrogen) atoms. The SMILES string of the molecule is O=[N+]([O-])c1ccc(Sc2ccc(-c3ccc(Sc4ccc([N+](=O)[O-])cc4)cc3)cc2)cc1. The van der Waals surface area contributed by atoms with Crippen molar-refractivity contribution in [3.63, 3.8) is 0 Å². The fourth-order valence-electron chi connectivity index (χ4n) is 2.97. The maximum absolute atomic E-state index is 10.8. The summed E-state index contributed by atoms with van der Waals surface area (Å²) >= 11 is 3.10. The van der Waals surface area contributed by atoms with Crippen LogP contribution in [0.25, 0.3) is 11.1 Å².